The topological polar surface area (TPSA) is 71.8 Å². The van der Waals surface area contributed by atoms with Crippen molar-refractivity contribution in [3.8, 4) is 5.95 Å². The van der Waals surface area contributed by atoms with Gasteiger partial charge >= 0.3 is 0 Å². The lowest BCUT2D eigenvalue weighted by Crippen LogP contribution is -2.29. The summed E-state index contributed by atoms with van der Waals surface area (Å²) >= 11 is 0. The summed E-state index contributed by atoms with van der Waals surface area (Å²) in [7, 11) is 1.81. The van der Waals surface area contributed by atoms with Gasteiger partial charge in [-0.05, 0) is 19.3 Å². The second kappa shape index (κ2) is 5.07. The summed E-state index contributed by atoms with van der Waals surface area (Å²) in [5, 5.41) is 3.00. The van der Waals surface area contributed by atoms with E-state index in [1.807, 2.05) is 13.2 Å². The van der Waals surface area contributed by atoms with Crippen LogP contribution >= 0.6 is 0 Å². The van der Waals surface area contributed by atoms with Gasteiger partial charge in [-0.25, -0.2) is 4.98 Å². The molecule has 0 saturated carbocycles. The Balaban J connectivity index is 2.00. The number of nitrogens with zero attached hydrogens (tertiary/aromatic N) is 6. The van der Waals surface area contributed by atoms with Crippen molar-refractivity contribution in [3.05, 3.63) is 18.7 Å². The lowest BCUT2D eigenvalue weighted by molar-refractivity contribution is 0.624. The highest BCUT2D eigenvalue weighted by molar-refractivity contribution is 5.41. The molecule has 1 N–H and O–H groups in total. The highest BCUT2D eigenvalue weighted by Gasteiger charge is 2.28. The van der Waals surface area contributed by atoms with Gasteiger partial charge in [0.05, 0.1) is 0 Å². The largest absolute Gasteiger partial charge is 0.357 e. The first-order chi connectivity index (χ1) is 9.67. The Morgan fingerprint density at radius 3 is 2.60 bits per heavy atom. The number of anilines is 2. The van der Waals surface area contributed by atoms with Crippen LogP contribution in [0.4, 0.5) is 11.9 Å². The van der Waals surface area contributed by atoms with Gasteiger partial charge in [0.1, 0.15) is 6.33 Å². The molecule has 2 unspecified atom stereocenters. The molecule has 1 fully saturated rings. The molecule has 1 saturated heterocycles. The van der Waals surface area contributed by atoms with Crippen LogP contribution < -0.4 is 10.2 Å². The predicted molar refractivity (Wildman–Crippen MR) is 77.1 cm³/mol. The second-order valence-electron chi connectivity index (χ2n) is 5.32. The Labute approximate surface area is 118 Å². The van der Waals surface area contributed by atoms with E-state index in [-0.39, 0.29) is 0 Å². The molecule has 7 nitrogen and oxygen atoms in total. The van der Waals surface area contributed by atoms with Crippen molar-refractivity contribution >= 4 is 11.9 Å². The summed E-state index contributed by atoms with van der Waals surface area (Å²) in [6.07, 6.45) is 6.40. The van der Waals surface area contributed by atoms with Gasteiger partial charge in [0, 0.05) is 32.0 Å². The lowest BCUT2D eigenvalue weighted by Gasteiger charge is -2.22. The van der Waals surface area contributed by atoms with Crippen molar-refractivity contribution in [2.24, 2.45) is 5.92 Å². The number of hydrogen-bond acceptors (Lipinski definition) is 6. The van der Waals surface area contributed by atoms with Crippen LogP contribution in [0.15, 0.2) is 18.7 Å². The number of aromatic nitrogens is 5. The molecular weight excluding hydrogens is 254 g/mol. The van der Waals surface area contributed by atoms with Gasteiger partial charge in [-0.1, -0.05) is 6.92 Å². The zero-order chi connectivity index (χ0) is 14.1. The summed E-state index contributed by atoms with van der Waals surface area (Å²) in [6.45, 7) is 5.45. The third-order valence-corrected chi connectivity index (χ3v) is 3.61. The van der Waals surface area contributed by atoms with Crippen molar-refractivity contribution in [3.63, 3.8) is 0 Å². The summed E-state index contributed by atoms with van der Waals surface area (Å²) in [6, 6.07) is 0.452. The maximum Gasteiger partial charge on any atom is 0.241 e. The van der Waals surface area contributed by atoms with Crippen molar-refractivity contribution in [2.45, 2.75) is 26.3 Å². The highest BCUT2D eigenvalue weighted by atomic mass is 15.4. The van der Waals surface area contributed by atoms with Crippen LogP contribution in [-0.4, -0.2) is 44.1 Å². The van der Waals surface area contributed by atoms with E-state index in [2.05, 4.69) is 44.0 Å². The zero-order valence-electron chi connectivity index (χ0n) is 12.0. The number of hydrogen-bond donors (Lipinski definition) is 1. The fourth-order valence-corrected chi connectivity index (χ4v) is 2.67. The Kier molecular flexibility index (Phi) is 3.25. The van der Waals surface area contributed by atoms with Crippen LogP contribution in [0.3, 0.4) is 0 Å². The molecule has 0 aromatic carbocycles. The quantitative estimate of drug-likeness (QED) is 0.909. The standard InChI is InChI=1S/C13H19N7/c1-9-6-10(2)20(7-9)13-17-11(14-3)16-12(18-13)19-5-4-15-8-19/h4-5,8-10H,6-7H2,1-3H3,(H,14,16,17,18). The van der Waals surface area contributed by atoms with Gasteiger partial charge in [-0.15, -0.1) is 0 Å². The molecular formula is C13H19N7. The Morgan fingerprint density at radius 2 is 2.00 bits per heavy atom. The monoisotopic (exact) mass is 273 g/mol. The van der Waals surface area contributed by atoms with E-state index in [1.54, 1.807) is 17.1 Å². The van der Waals surface area contributed by atoms with Crippen LogP contribution in [0.5, 0.6) is 0 Å². The van der Waals surface area contributed by atoms with Crippen molar-refractivity contribution in [1.82, 2.24) is 24.5 Å². The minimum Gasteiger partial charge on any atom is -0.357 e. The molecule has 1 aliphatic rings. The van der Waals surface area contributed by atoms with Crippen molar-refractivity contribution < 1.29 is 0 Å². The first-order valence-corrected chi connectivity index (χ1v) is 6.86. The third kappa shape index (κ3) is 2.31. The molecule has 2 aromatic heterocycles. The van der Waals surface area contributed by atoms with Gasteiger partial charge in [-0.3, -0.25) is 4.57 Å². The molecule has 0 radical (unpaired) electrons. The van der Waals surface area contributed by atoms with E-state index in [0.29, 0.717) is 23.9 Å². The van der Waals surface area contributed by atoms with E-state index in [0.717, 1.165) is 12.5 Å². The van der Waals surface area contributed by atoms with Crippen molar-refractivity contribution in [2.75, 3.05) is 23.8 Å². The fraction of sp³-hybridized carbons (Fsp3) is 0.538. The minimum absolute atomic E-state index is 0.452. The molecule has 7 heteroatoms. The highest BCUT2D eigenvalue weighted by Crippen LogP contribution is 2.26. The molecule has 0 aliphatic carbocycles. The second-order valence-corrected chi connectivity index (χ2v) is 5.32. The molecule has 2 aromatic rings. The van der Waals surface area contributed by atoms with E-state index in [4.69, 9.17) is 0 Å². The number of nitrogens with one attached hydrogen (secondary N) is 1. The summed E-state index contributed by atoms with van der Waals surface area (Å²) < 4.78 is 1.79. The van der Waals surface area contributed by atoms with E-state index < -0.39 is 0 Å². The van der Waals surface area contributed by atoms with Crippen LogP contribution in [-0.2, 0) is 0 Å². The molecule has 106 valence electrons. The first kappa shape index (κ1) is 12.8. The molecule has 1 aliphatic heterocycles. The van der Waals surface area contributed by atoms with Crippen LogP contribution in [0.1, 0.15) is 20.3 Å². The Hall–Kier alpha value is -2.18. The van der Waals surface area contributed by atoms with Gasteiger partial charge in [0.2, 0.25) is 17.8 Å². The van der Waals surface area contributed by atoms with Gasteiger partial charge in [0.15, 0.2) is 0 Å². The van der Waals surface area contributed by atoms with Gasteiger partial charge in [-0.2, -0.15) is 15.0 Å². The summed E-state index contributed by atoms with van der Waals surface area (Å²) in [4.78, 5) is 19.7. The van der Waals surface area contributed by atoms with Gasteiger partial charge < -0.3 is 10.2 Å². The average Bonchev–Trinajstić information content (AvgIpc) is 3.08. The minimum atomic E-state index is 0.452. The Bertz CT molecular complexity index is 580. The maximum absolute atomic E-state index is 4.58. The molecule has 0 spiro atoms. The van der Waals surface area contributed by atoms with E-state index >= 15 is 0 Å². The van der Waals surface area contributed by atoms with Crippen LogP contribution in [0.25, 0.3) is 5.95 Å². The van der Waals surface area contributed by atoms with E-state index in [9.17, 15) is 0 Å². The summed E-state index contributed by atoms with van der Waals surface area (Å²) in [5.74, 6) is 2.55. The first-order valence-electron chi connectivity index (χ1n) is 6.86. The van der Waals surface area contributed by atoms with Gasteiger partial charge in [0.25, 0.3) is 0 Å². The van der Waals surface area contributed by atoms with Crippen LogP contribution in [0.2, 0.25) is 0 Å². The fourth-order valence-electron chi connectivity index (χ4n) is 2.67. The normalized spacial score (nSPS) is 22.2. The molecule has 3 rings (SSSR count). The zero-order valence-corrected chi connectivity index (χ0v) is 12.0. The third-order valence-electron chi connectivity index (χ3n) is 3.61. The molecule has 2 atom stereocenters. The molecule has 0 bridgehead atoms. The average molecular weight is 273 g/mol. The maximum atomic E-state index is 4.58. The SMILES string of the molecule is CNc1nc(N2CC(C)CC2C)nc(-n2ccnc2)n1. The lowest BCUT2D eigenvalue weighted by atomic mass is 10.1. The van der Waals surface area contributed by atoms with Crippen LogP contribution in [0, 0.1) is 5.92 Å². The number of imidazole rings is 1. The Morgan fingerprint density at radius 1 is 1.20 bits per heavy atom. The van der Waals surface area contributed by atoms with E-state index in [1.165, 1.54) is 6.42 Å². The predicted octanol–water partition coefficient (Wildman–Crippen LogP) is 1.33. The number of rotatable bonds is 3. The molecule has 0 amide bonds. The summed E-state index contributed by atoms with van der Waals surface area (Å²) in [5.41, 5.74) is 0. The smallest absolute Gasteiger partial charge is 0.241 e. The van der Waals surface area contributed by atoms with Crippen molar-refractivity contribution in [1.29, 1.82) is 0 Å². The molecule has 3 heterocycles. The molecule has 20 heavy (non-hydrogen) atoms.